The molecule has 4 nitrogen and oxygen atoms in total. The lowest BCUT2D eigenvalue weighted by Gasteiger charge is -2.13. The first kappa shape index (κ1) is 14.3. The molecule has 5 heteroatoms. The van der Waals surface area contributed by atoms with Crippen molar-refractivity contribution in [1.82, 2.24) is 14.7 Å². The van der Waals surface area contributed by atoms with Crippen LogP contribution in [0, 0.1) is 5.82 Å². The molecule has 0 saturated carbocycles. The van der Waals surface area contributed by atoms with Gasteiger partial charge in [-0.05, 0) is 24.6 Å². The quantitative estimate of drug-likeness (QED) is 0.805. The number of carbonyl (C=O) groups excluding carboxylic acids is 1. The lowest BCUT2D eigenvalue weighted by atomic mass is 10.1. The minimum absolute atomic E-state index is 0.0665. The van der Waals surface area contributed by atoms with Gasteiger partial charge in [0.25, 0.3) is 0 Å². The van der Waals surface area contributed by atoms with Gasteiger partial charge in [-0.15, -0.1) is 0 Å². The highest BCUT2D eigenvalue weighted by molar-refractivity contribution is 5.78. The summed E-state index contributed by atoms with van der Waals surface area (Å²) in [6.45, 7) is 1.94. The van der Waals surface area contributed by atoms with Gasteiger partial charge in [-0.2, -0.15) is 0 Å². The Morgan fingerprint density at radius 3 is 2.77 bits per heavy atom. The van der Waals surface area contributed by atoms with Crippen molar-refractivity contribution in [3.05, 3.63) is 71.9 Å². The van der Waals surface area contributed by atoms with Gasteiger partial charge in [-0.25, -0.2) is 9.37 Å². The highest BCUT2D eigenvalue weighted by atomic mass is 19.1. The minimum Gasteiger partial charge on any atom is -0.349 e. The molecule has 0 spiro atoms. The van der Waals surface area contributed by atoms with Crippen LogP contribution in [0.2, 0.25) is 0 Å². The lowest BCUT2D eigenvalue weighted by molar-refractivity contribution is -0.121. The van der Waals surface area contributed by atoms with Crippen LogP contribution < -0.4 is 5.32 Å². The van der Waals surface area contributed by atoms with Crippen molar-refractivity contribution >= 4 is 11.6 Å². The Labute approximate surface area is 127 Å². The lowest BCUT2D eigenvalue weighted by Crippen LogP contribution is -2.28. The summed E-state index contributed by atoms with van der Waals surface area (Å²) < 4.78 is 14.7. The Morgan fingerprint density at radius 2 is 2.00 bits per heavy atom. The summed E-state index contributed by atoms with van der Waals surface area (Å²) >= 11 is 0. The number of benzene rings is 1. The van der Waals surface area contributed by atoms with Gasteiger partial charge in [-0.1, -0.05) is 30.3 Å². The van der Waals surface area contributed by atoms with E-state index >= 15 is 0 Å². The second-order valence-electron chi connectivity index (χ2n) is 5.22. The van der Waals surface area contributed by atoms with Crippen molar-refractivity contribution in [3.63, 3.8) is 0 Å². The zero-order valence-electron chi connectivity index (χ0n) is 12.2. The molecular formula is C17H16FN3O. The molecule has 112 valence electrons. The normalized spacial score (nSPS) is 12.3. The molecule has 22 heavy (non-hydrogen) atoms. The molecule has 0 bridgehead atoms. The fourth-order valence-corrected chi connectivity index (χ4v) is 2.38. The van der Waals surface area contributed by atoms with Crippen molar-refractivity contribution in [2.45, 2.75) is 19.4 Å². The molecule has 1 N–H and O–H groups in total. The number of fused-ring (bicyclic) bond motifs is 1. The number of hydrogen-bond acceptors (Lipinski definition) is 2. The molecule has 0 fully saturated rings. The maximum absolute atomic E-state index is 13.1. The van der Waals surface area contributed by atoms with E-state index < -0.39 is 0 Å². The zero-order chi connectivity index (χ0) is 15.5. The monoisotopic (exact) mass is 297 g/mol. The van der Waals surface area contributed by atoms with Crippen LogP contribution in [0.5, 0.6) is 0 Å². The molecule has 0 aliphatic rings. The second kappa shape index (κ2) is 5.97. The molecule has 0 saturated heterocycles. The van der Waals surface area contributed by atoms with E-state index in [4.69, 9.17) is 0 Å². The number of halogens is 1. The van der Waals surface area contributed by atoms with E-state index in [0.29, 0.717) is 11.3 Å². The second-order valence-corrected chi connectivity index (χ2v) is 5.22. The molecule has 1 atom stereocenters. The van der Waals surface area contributed by atoms with Gasteiger partial charge in [0.15, 0.2) is 0 Å². The molecule has 3 aromatic rings. The maximum atomic E-state index is 13.1. The van der Waals surface area contributed by atoms with E-state index in [0.717, 1.165) is 5.56 Å². The van der Waals surface area contributed by atoms with Crippen molar-refractivity contribution in [2.75, 3.05) is 0 Å². The first-order valence-corrected chi connectivity index (χ1v) is 7.09. The summed E-state index contributed by atoms with van der Waals surface area (Å²) in [6, 6.07) is 12.6. The van der Waals surface area contributed by atoms with Crippen molar-refractivity contribution in [3.8, 4) is 0 Å². The number of hydrogen-bond donors (Lipinski definition) is 1. The maximum Gasteiger partial charge on any atom is 0.226 e. The van der Waals surface area contributed by atoms with Gasteiger partial charge in [-0.3, -0.25) is 4.79 Å². The predicted molar refractivity (Wildman–Crippen MR) is 81.9 cm³/mol. The Kier molecular flexibility index (Phi) is 3.87. The molecule has 2 heterocycles. The van der Waals surface area contributed by atoms with Crippen LogP contribution in [0.15, 0.2) is 54.9 Å². The minimum atomic E-state index is -0.335. The van der Waals surface area contributed by atoms with Crippen LogP contribution in [-0.4, -0.2) is 15.3 Å². The molecule has 0 radical (unpaired) electrons. The van der Waals surface area contributed by atoms with Gasteiger partial charge in [0.05, 0.1) is 18.2 Å². The number of imidazole rings is 1. The molecule has 0 aliphatic carbocycles. The number of aromatic nitrogens is 2. The van der Waals surface area contributed by atoms with Crippen LogP contribution in [0.1, 0.15) is 24.2 Å². The number of carbonyl (C=O) groups is 1. The Hall–Kier alpha value is -2.69. The van der Waals surface area contributed by atoms with E-state index in [1.807, 2.05) is 37.3 Å². The fourth-order valence-electron chi connectivity index (χ4n) is 2.38. The summed E-state index contributed by atoms with van der Waals surface area (Å²) in [5.41, 5.74) is 2.29. The van der Waals surface area contributed by atoms with Crippen LogP contribution in [0.3, 0.4) is 0 Å². The van der Waals surface area contributed by atoms with Crippen molar-refractivity contribution in [1.29, 1.82) is 0 Å². The van der Waals surface area contributed by atoms with Crippen LogP contribution in [-0.2, 0) is 11.2 Å². The first-order valence-electron chi connectivity index (χ1n) is 7.09. The molecule has 1 aromatic carbocycles. The van der Waals surface area contributed by atoms with Crippen LogP contribution >= 0.6 is 0 Å². The summed E-state index contributed by atoms with van der Waals surface area (Å²) in [6.07, 6.45) is 3.18. The van der Waals surface area contributed by atoms with Gasteiger partial charge < -0.3 is 9.72 Å². The smallest absolute Gasteiger partial charge is 0.226 e. The molecular weight excluding hydrogens is 281 g/mol. The number of amides is 1. The topological polar surface area (TPSA) is 46.4 Å². The SMILES string of the molecule is CC(NC(=O)Cc1cn2cc(F)ccc2n1)c1ccccc1. The fraction of sp³-hybridized carbons (Fsp3) is 0.176. The Balaban J connectivity index is 1.68. The van der Waals surface area contributed by atoms with Crippen molar-refractivity contribution in [2.24, 2.45) is 0 Å². The molecule has 0 aliphatic heterocycles. The molecule has 2 aromatic heterocycles. The highest BCUT2D eigenvalue weighted by Crippen LogP contribution is 2.12. The third-order valence-electron chi connectivity index (χ3n) is 3.48. The number of rotatable bonds is 4. The van der Waals surface area contributed by atoms with Gasteiger partial charge in [0.2, 0.25) is 5.91 Å². The number of nitrogens with one attached hydrogen (secondary N) is 1. The number of pyridine rings is 1. The van der Waals surface area contributed by atoms with Gasteiger partial charge >= 0.3 is 0 Å². The molecule has 1 unspecified atom stereocenters. The summed E-state index contributed by atoms with van der Waals surface area (Å²) in [7, 11) is 0. The van der Waals surface area contributed by atoms with Crippen LogP contribution in [0.25, 0.3) is 5.65 Å². The third-order valence-corrected chi connectivity index (χ3v) is 3.48. The predicted octanol–water partition coefficient (Wildman–Crippen LogP) is 2.89. The summed E-state index contributed by atoms with van der Waals surface area (Å²) in [5.74, 6) is -0.446. The summed E-state index contributed by atoms with van der Waals surface area (Å²) in [5, 5.41) is 2.94. The van der Waals surface area contributed by atoms with E-state index in [1.165, 1.54) is 12.3 Å². The molecule has 1 amide bonds. The van der Waals surface area contributed by atoms with Gasteiger partial charge in [0.1, 0.15) is 11.5 Å². The van der Waals surface area contributed by atoms with E-state index in [9.17, 15) is 9.18 Å². The first-order chi connectivity index (χ1) is 10.6. The van der Waals surface area contributed by atoms with Crippen molar-refractivity contribution < 1.29 is 9.18 Å². The van der Waals surface area contributed by atoms with E-state index in [1.54, 1.807) is 16.7 Å². The zero-order valence-corrected chi connectivity index (χ0v) is 12.2. The Morgan fingerprint density at radius 1 is 1.23 bits per heavy atom. The Bertz CT molecular complexity index is 798. The highest BCUT2D eigenvalue weighted by Gasteiger charge is 2.12. The largest absolute Gasteiger partial charge is 0.349 e. The third kappa shape index (κ3) is 3.14. The summed E-state index contributed by atoms with van der Waals surface area (Å²) in [4.78, 5) is 16.4. The average Bonchev–Trinajstić information content (AvgIpc) is 2.89. The van der Waals surface area contributed by atoms with E-state index in [2.05, 4.69) is 10.3 Å². The molecule has 3 rings (SSSR count). The number of nitrogens with zero attached hydrogens (tertiary/aromatic N) is 2. The van der Waals surface area contributed by atoms with Crippen LogP contribution in [0.4, 0.5) is 4.39 Å². The standard InChI is InChI=1S/C17H16FN3O/c1-12(13-5-3-2-4-6-13)19-17(22)9-15-11-21-10-14(18)7-8-16(21)20-15/h2-8,10-12H,9H2,1H3,(H,19,22). The van der Waals surface area contributed by atoms with Gasteiger partial charge in [0, 0.05) is 12.4 Å². The average molecular weight is 297 g/mol. The van der Waals surface area contributed by atoms with E-state index in [-0.39, 0.29) is 24.2 Å².